The van der Waals surface area contributed by atoms with Crippen molar-refractivity contribution in [3.8, 4) is 5.75 Å². The zero-order chi connectivity index (χ0) is 18.2. The molecule has 1 unspecified atom stereocenters. The normalized spacial score (nSPS) is 18.5. The minimum absolute atomic E-state index is 0.0283. The van der Waals surface area contributed by atoms with Crippen molar-refractivity contribution in [3.05, 3.63) is 66.4 Å². The highest BCUT2D eigenvalue weighted by atomic mass is 32.2. The number of ether oxygens (including phenoxy) is 1. The summed E-state index contributed by atoms with van der Waals surface area (Å²) in [6.45, 7) is 3.01. The van der Waals surface area contributed by atoms with Crippen LogP contribution in [0.4, 0.5) is 0 Å². The number of aliphatic hydroxyl groups excluding tert-OH is 1. The van der Waals surface area contributed by atoms with Gasteiger partial charge in [-0.25, -0.2) is 16.8 Å². The molecule has 0 fully saturated rings. The third-order valence-corrected chi connectivity index (χ3v) is 8.17. The summed E-state index contributed by atoms with van der Waals surface area (Å²) >= 11 is 0. The fourth-order valence-corrected chi connectivity index (χ4v) is 7.27. The van der Waals surface area contributed by atoms with Crippen LogP contribution < -0.4 is 4.74 Å². The molecular weight excluding hydrogens is 364 g/mol. The zero-order valence-corrected chi connectivity index (χ0v) is 14.8. The Bertz CT molecular complexity index is 1020. The van der Waals surface area contributed by atoms with Crippen LogP contribution in [0.2, 0.25) is 0 Å². The van der Waals surface area contributed by atoms with Crippen molar-refractivity contribution in [1.29, 1.82) is 0 Å². The van der Waals surface area contributed by atoms with Crippen LogP contribution in [0.15, 0.2) is 65.1 Å². The molecule has 1 heterocycles. The predicted molar refractivity (Wildman–Crippen MR) is 91.6 cm³/mol. The third-order valence-electron chi connectivity index (χ3n) is 4.08. The molecule has 3 rings (SSSR count). The van der Waals surface area contributed by atoms with E-state index in [1.165, 1.54) is 24.3 Å². The lowest BCUT2D eigenvalue weighted by atomic mass is 10.1. The molecule has 1 N–H and O–H groups in total. The Labute approximate surface area is 146 Å². The second kappa shape index (κ2) is 6.29. The topological polar surface area (TPSA) is 97.7 Å². The van der Waals surface area contributed by atoms with Gasteiger partial charge in [0.1, 0.15) is 11.0 Å². The first-order chi connectivity index (χ1) is 11.8. The van der Waals surface area contributed by atoms with Gasteiger partial charge in [0, 0.05) is 11.1 Å². The van der Waals surface area contributed by atoms with Crippen LogP contribution in [0.3, 0.4) is 0 Å². The quantitative estimate of drug-likeness (QED) is 0.797. The largest absolute Gasteiger partial charge is 0.465 e. The summed E-state index contributed by atoms with van der Waals surface area (Å²) in [7, 11) is -7.75. The van der Waals surface area contributed by atoms with E-state index in [-0.39, 0.29) is 21.1 Å². The SMILES string of the molecule is C=COc1c(CO)ccc2c1C(S(=O)(=O)c1ccccc1)CS2(=O)=O. The first-order valence-electron chi connectivity index (χ1n) is 7.39. The average molecular weight is 380 g/mol. The molecule has 2 aromatic carbocycles. The molecule has 0 saturated heterocycles. The van der Waals surface area contributed by atoms with E-state index in [1.54, 1.807) is 18.2 Å². The van der Waals surface area contributed by atoms with Gasteiger partial charge in [-0.1, -0.05) is 30.8 Å². The van der Waals surface area contributed by atoms with Crippen molar-refractivity contribution < 1.29 is 26.7 Å². The summed E-state index contributed by atoms with van der Waals surface area (Å²) in [4.78, 5) is -0.0620. The molecule has 1 aliphatic heterocycles. The second-order valence-electron chi connectivity index (χ2n) is 5.54. The van der Waals surface area contributed by atoms with Gasteiger partial charge in [0.2, 0.25) is 0 Å². The first kappa shape index (κ1) is 17.7. The second-order valence-corrected chi connectivity index (χ2v) is 9.67. The Morgan fingerprint density at radius 1 is 1.20 bits per heavy atom. The average Bonchev–Trinajstić information content (AvgIpc) is 2.88. The van der Waals surface area contributed by atoms with Crippen LogP contribution in [-0.4, -0.2) is 27.7 Å². The minimum atomic E-state index is -3.96. The van der Waals surface area contributed by atoms with Gasteiger partial charge in [-0.05, 0) is 18.2 Å². The van der Waals surface area contributed by atoms with Gasteiger partial charge in [-0.2, -0.15) is 0 Å². The van der Waals surface area contributed by atoms with Gasteiger partial charge in [0.05, 0.1) is 28.4 Å². The van der Waals surface area contributed by atoms with Crippen molar-refractivity contribution in [2.45, 2.75) is 21.6 Å². The number of benzene rings is 2. The van der Waals surface area contributed by atoms with E-state index in [4.69, 9.17) is 4.74 Å². The van der Waals surface area contributed by atoms with Crippen molar-refractivity contribution in [1.82, 2.24) is 0 Å². The van der Waals surface area contributed by atoms with E-state index in [1.807, 2.05) is 0 Å². The molecule has 132 valence electrons. The van der Waals surface area contributed by atoms with Crippen LogP contribution in [0.5, 0.6) is 5.75 Å². The first-order valence-corrected chi connectivity index (χ1v) is 10.6. The Morgan fingerprint density at radius 3 is 2.48 bits per heavy atom. The molecule has 0 radical (unpaired) electrons. The fraction of sp³-hybridized carbons (Fsp3) is 0.176. The lowest BCUT2D eigenvalue weighted by Gasteiger charge is -2.17. The van der Waals surface area contributed by atoms with Crippen molar-refractivity contribution in [2.24, 2.45) is 0 Å². The van der Waals surface area contributed by atoms with Gasteiger partial charge >= 0.3 is 0 Å². The summed E-state index contributed by atoms with van der Waals surface area (Å²) in [5, 5.41) is 8.19. The molecule has 0 aromatic heterocycles. The lowest BCUT2D eigenvalue weighted by Crippen LogP contribution is -2.16. The van der Waals surface area contributed by atoms with Crippen LogP contribution in [0.1, 0.15) is 16.4 Å². The van der Waals surface area contributed by atoms with Gasteiger partial charge in [-0.15, -0.1) is 0 Å². The fourth-order valence-electron chi connectivity index (χ4n) is 2.94. The summed E-state index contributed by atoms with van der Waals surface area (Å²) in [5.74, 6) is -0.539. The molecule has 0 amide bonds. The van der Waals surface area contributed by atoms with Gasteiger partial charge in [-0.3, -0.25) is 0 Å². The summed E-state index contributed by atoms with van der Waals surface area (Å²) in [5.41, 5.74) is 0.347. The zero-order valence-electron chi connectivity index (χ0n) is 13.1. The third kappa shape index (κ3) is 2.86. The lowest BCUT2D eigenvalue weighted by molar-refractivity contribution is 0.276. The van der Waals surface area contributed by atoms with Crippen LogP contribution >= 0.6 is 0 Å². The van der Waals surface area contributed by atoms with E-state index < -0.39 is 37.3 Å². The van der Waals surface area contributed by atoms with Crippen molar-refractivity contribution >= 4 is 19.7 Å². The number of hydrogen-bond acceptors (Lipinski definition) is 6. The Morgan fingerprint density at radius 2 is 1.88 bits per heavy atom. The van der Waals surface area contributed by atoms with Crippen molar-refractivity contribution in [2.75, 3.05) is 5.75 Å². The summed E-state index contributed by atoms with van der Waals surface area (Å²) < 4.78 is 56.3. The molecule has 0 saturated carbocycles. The number of fused-ring (bicyclic) bond motifs is 1. The van der Waals surface area contributed by atoms with E-state index in [0.29, 0.717) is 5.56 Å². The number of sulfone groups is 2. The van der Waals surface area contributed by atoms with Crippen LogP contribution in [0.25, 0.3) is 0 Å². The van der Waals surface area contributed by atoms with Crippen LogP contribution in [-0.2, 0) is 26.3 Å². The van der Waals surface area contributed by atoms with E-state index >= 15 is 0 Å². The monoisotopic (exact) mass is 380 g/mol. The molecule has 8 heteroatoms. The maximum Gasteiger partial charge on any atom is 0.186 e. The molecule has 0 bridgehead atoms. The van der Waals surface area contributed by atoms with Gasteiger partial charge < -0.3 is 9.84 Å². The Balaban J connectivity index is 2.30. The molecular formula is C17H16O6S2. The van der Waals surface area contributed by atoms with E-state index in [9.17, 15) is 21.9 Å². The molecule has 25 heavy (non-hydrogen) atoms. The highest BCUT2D eigenvalue weighted by Gasteiger charge is 2.45. The maximum atomic E-state index is 13.0. The summed E-state index contributed by atoms with van der Waals surface area (Å²) in [6, 6.07) is 10.4. The Kier molecular flexibility index (Phi) is 4.44. The van der Waals surface area contributed by atoms with Gasteiger partial charge in [0.15, 0.2) is 19.7 Å². The molecule has 1 atom stereocenters. The molecule has 0 aliphatic carbocycles. The smallest absolute Gasteiger partial charge is 0.186 e. The van der Waals surface area contributed by atoms with E-state index in [0.717, 1.165) is 6.26 Å². The minimum Gasteiger partial charge on any atom is -0.465 e. The molecule has 2 aromatic rings. The molecule has 6 nitrogen and oxygen atoms in total. The highest BCUT2D eigenvalue weighted by Crippen LogP contribution is 2.47. The number of aliphatic hydroxyl groups is 1. The Hall–Kier alpha value is -2.16. The van der Waals surface area contributed by atoms with E-state index in [2.05, 4.69) is 6.58 Å². The number of rotatable bonds is 5. The standard InChI is InChI=1S/C17H16O6S2/c1-2-23-17-12(10-18)8-9-14-16(17)15(11-24(14,19)20)25(21,22)13-6-4-3-5-7-13/h2-9,15,18H,1,10-11H2. The molecule has 1 aliphatic rings. The number of hydrogen-bond donors (Lipinski definition) is 1. The van der Waals surface area contributed by atoms with Gasteiger partial charge in [0.25, 0.3) is 0 Å². The molecule has 0 spiro atoms. The summed E-state index contributed by atoms with van der Waals surface area (Å²) in [6.07, 6.45) is 1.08. The maximum absolute atomic E-state index is 13.0. The highest BCUT2D eigenvalue weighted by molar-refractivity contribution is 7.96. The van der Waals surface area contributed by atoms with Crippen LogP contribution in [0, 0.1) is 0 Å². The van der Waals surface area contributed by atoms with Crippen molar-refractivity contribution in [3.63, 3.8) is 0 Å². The predicted octanol–water partition coefficient (Wildman–Crippen LogP) is 2.00.